The summed E-state index contributed by atoms with van der Waals surface area (Å²) in [4.78, 5) is 19.5. The summed E-state index contributed by atoms with van der Waals surface area (Å²) in [5.74, 6) is 0.295. The molecular formula is C21H19N7O. The Hall–Kier alpha value is -3.70. The van der Waals surface area contributed by atoms with Crippen LogP contribution in [0.2, 0.25) is 0 Å². The molecule has 0 radical (unpaired) electrons. The molecule has 8 heteroatoms. The highest BCUT2D eigenvalue weighted by Gasteiger charge is 2.21. The molecule has 0 aliphatic carbocycles. The van der Waals surface area contributed by atoms with Gasteiger partial charge in [-0.15, -0.1) is 0 Å². The van der Waals surface area contributed by atoms with Crippen molar-refractivity contribution < 1.29 is 0 Å². The number of benzene rings is 1. The van der Waals surface area contributed by atoms with Crippen LogP contribution in [0.15, 0.2) is 47.5 Å². The molecule has 0 spiro atoms. The maximum absolute atomic E-state index is 12.5. The number of nitriles is 1. The number of H-pyrrole nitrogens is 1. The number of piperidine rings is 1. The van der Waals surface area contributed by atoms with Gasteiger partial charge in [0, 0.05) is 18.2 Å². The van der Waals surface area contributed by atoms with E-state index < -0.39 is 0 Å². The van der Waals surface area contributed by atoms with Gasteiger partial charge in [-0.1, -0.05) is 6.07 Å². The number of hydrogen-bond acceptors (Lipinski definition) is 6. The van der Waals surface area contributed by atoms with Crippen molar-refractivity contribution in [3.63, 3.8) is 0 Å². The van der Waals surface area contributed by atoms with Crippen LogP contribution in [-0.4, -0.2) is 32.7 Å². The van der Waals surface area contributed by atoms with Crippen LogP contribution in [0.5, 0.6) is 0 Å². The number of rotatable bonds is 3. The van der Waals surface area contributed by atoms with Crippen molar-refractivity contribution in [3.05, 3.63) is 64.3 Å². The van der Waals surface area contributed by atoms with Gasteiger partial charge in [0.25, 0.3) is 5.56 Å². The number of anilines is 2. The Balaban J connectivity index is 1.68. The van der Waals surface area contributed by atoms with Gasteiger partial charge >= 0.3 is 0 Å². The molecule has 0 atom stereocenters. The first-order valence-corrected chi connectivity index (χ1v) is 9.60. The number of aromatic nitrogens is 4. The molecule has 29 heavy (non-hydrogen) atoms. The van der Waals surface area contributed by atoms with Crippen molar-refractivity contribution in [3.8, 4) is 6.07 Å². The van der Waals surface area contributed by atoms with Crippen LogP contribution < -0.4 is 16.2 Å². The number of nitrogens with zero attached hydrogens (tertiary/aromatic N) is 4. The Kier molecular flexibility index (Phi) is 4.22. The second kappa shape index (κ2) is 7.04. The highest BCUT2D eigenvalue weighted by atomic mass is 16.1. The normalized spacial score (nSPS) is 14.9. The predicted molar refractivity (Wildman–Crippen MR) is 110 cm³/mol. The molecule has 144 valence electrons. The summed E-state index contributed by atoms with van der Waals surface area (Å²) < 4.78 is 1.87. The van der Waals surface area contributed by atoms with E-state index >= 15 is 0 Å². The summed E-state index contributed by atoms with van der Waals surface area (Å²) in [5.41, 5.74) is 4.25. The van der Waals surface area contributed by atoms with E-state index in [2.05, 4.69) is 26.7 Å². The predicted octanol–water partition coefficient (Wildman–Crippen LogP) is 2.65. The summed E-state index contributed by atoms with van der Waals surface area (Å²) in [6.45, 7) is 1.88. The highest BCUT2D eigenvalue weighted by molar-refractivity contribution is 6.03. The molecule has 0 unspecified atom stereocenters. The van der Waals surface area contributed by atoms with E-state index in [4.69, 9.17) is 10.4 Å². The third-order valence-corrected chi connectivity index (χ3v) is 5.37. The van der Waals surface area contributed by atoms with Crippen LogP contribution in [-0.2, 0) is 0 Å². The van der Waals surface area contributed by atoms with Gasteiger partial charge in [0.15, 0.2) is 0 Å². The fourth-order valence-corrected chi connectivity index (χ4v) is 4.02. The minimum atomic E-state index is -0.129. The molecule has 1 aliphatic rings. The summed E-state index contributed by atoms with van der Waals surface area (Å²) >= 11 is 0. The second-order valence-electron chi connectivity index (χ2n) is 7.24. The van der Waals surface area contributed by atoms with E-state index in [1.807, 2.05) is 22.7 Å². The minimum absolute atomic E-state index is 0.129. The van der Waals surface area contributed by atoms with Crippen LogP contribution in [0, 0.1) is 11.3 Å². The molecule has 1 fully saturated rings. The number of nitrogens with one attached hydrogen (secondary N) is 3. The molecular weight excluding hydrogens is 366 g/mol. The first-order valence-electron chi connectivity index (χ1n) is 9.60. The van der Waals surface area contributed by atoms with Crippen LogP contribution in [0.1, 0.15) is 30.0 Å². The van der Waals surface area contributed by atoms with E-state index in [-0.39, 0.29) is 5.56 Å². The van der Waals surface area contributed by atoms with Gasteiger partial charge in [-0.05, 0) is 44.1 Å². The smallest absolute Gasteiger partial charge is 0.251 e. The summed E-state index contributed by atoms with van der Waals surface area (Å²) in [6.07, 6.45) is 5.14. The summed E-state index contributed by atoms with van der Waals surface area (Å²) in [7, 11) is 0. The third kappa shape index (κ3) is 3.11. The summed E-state index contributed by atoms with van der Waals surface area (Å²) in [6, 6.07) is 11.3. The molecule has 8 nitrogen and oxygen atoms in total. The third-order valence-electron chi connectivity index (χ3n) is 5.37. The molecule has 0 amide bonds. The van der Waals surface area contributed by atoms with E-state index in [1.165, 1.54) is 6.20 Å². The average Bonchev–Trinajstić information content (AvgIpc) is 3.13. The SMILES string of the molecule is N#Cc1cncc(Nc2cccc3nn4c(C5CCNCC5)cc(=O)[nH]c4c23)c1. The molecule has 0 saturated carbocycles. The summed E-state index contributed by atoms with van der Waals surface area (Å²) in [5, 5.41) is 21.4. The van der Waals surface area contributed by atoms with E-state index in [1.54, 1.807) is 18.3 Å². The van der Waals surface area contributed by atoms with Crippen LogP contribution in [0.25, 0.3) is 16.6 Å². The Labute approximate surface area is 166 Å². The van der Waals surface area contributed by atoms with Crippen LogP contribution >= 0.6 is 0 Å². The lowest BCUT2D eigenvalue weighted by Crippen LogP contribution is -2.28. The van der Waals surface area contributed by atoms with E-state index in [0.29, 0.717) is 22.8 Å². The Morgan fingerprint density at radius 3 is 2.90 bits per heavy atom. The van der Waals surface area contributed by atoms with Crippen molar-refractivity contribution >= 4 is 27.9 Å². The Morgan fingerprint density at radius 1 is 1.21 bits per heavy atom. The fraction of sp³-hybridized carbons (Fsp3) is 0.238. The zero-order valence-corrected chi connectivity index (χ0v) is 15.6. The molecule has 4 heterocycles. The van der Waals surface area contributed by atoms with Gasteiger partial charge in [0.1, 0.15) is 11.7 Å². The zero-order chi connectivity index (χ0) is 19.8. The Morgan fingerprint density at radius 2 is 2.07 bits per heavy atom. The van der Waals surface area contributed by atoms with Crippen molar-refractivity contribution in [2.24, 2.45) is 0 Å². The van der Waals surface area contributed by atoms with E-state index in [0.717, 1.165) is 48.2 Å². The standard InChI is InChI=1S/C21H19N7O/c22-10-13-8-15(12-24-11-13)25-16-2-1-3-17-20(16)21-26-19(29)9-18(28(21)27-17)14-4-6-23-7-5-14/h1-3,8-9,11-12,14,23,25H,4-7H2,(H,26,29). The average molecular weight is 385 g/mol. The molecule has 5 rings (SSSR count). The van der Waals surface area contributed by atoms with Gasteiger partial charge in [0.05, 0.1) is 39.7 Å². The van der Waals surface area contributed by atoms with Crippen molar-refractivity contribution in [2.75, 3.05) is 18.4 Å². The minimum Gasteiger partial charge on any atom is -0.354 e. The molecule has 3 aromatic heterocycles. The van der Waals surface area contributed by atoms with Gasteiger partial charge < -0.3 is 15.6 Å². The lowest BCUT2D eigenvalue weighted by molar-refractivity contribution is 0.446. The van der Waals surface area contributed by atoms with Crippen LogP contribution in [0.3, 0.4) is 0 Å². The second-order valence-corrected chi connectivity index (χ2v) is 7.24. The molecule has 1 aromatic carbocycles. The maximum atomic E-state index is 12.5. The zero-order valence-electron chi connectivity index (χ0n) is 15.6. The van der Waals surface area contributed by atoms with E-state index in [9.17, 15) is 4.79 Å². The van der Waals surface area contributed by atoms with Crippen LogP contribution in [0.4, 0.5) is 11.4 Å². The highest BCUT2D eigenvalue weighted by Crippen LogP contribution is 2.31. The maximum Gasteiger partial charge on any atom is 0.251 e. The molecule has 3 N–H and O–H groups in total. The quantitative estimate of drug-likeness (QED) is 0.500. The Bertz CT molecular complexity index is 1310. The molecule has 1 aliphatic heterocycles. The number of aromatic amines is 1. The van der Waals surface area contributed by atoms with Gasteiger partial charge in [-0.25, -0.2) is 4.52 Å². The van der Waals surface area contributed by atoms with Gasteiger partial charge in [-0.3, -0.25) is 9.78 Å². The molecule has 4 aromatic rings. The fourth-order valence-electron chi connectivity index (χ4n) is 4.02. The number of pyridine rings is 1. The number of hydrogen-bond donors (Lipinski definition) is 3. The molecule has 1 saturated heterocycles. The first kappa shape index (κ1) is 17.4. The largest absolute Gasteiger partial charge is 0.354 e. The first-order chi connectivity index (χ1) is 14.2. The van der Waals surface area contributed by atoms with Gasteiger partial charge in [-0.2, -0.15) is 10.4 Å². The molecule has 0 bridgehead atoms. The van der Waals surface area contributed by atoms with Crippen molar-refractivity contribution in [1.29, 1.82) is 5.26 Å². The lowest BCUT2D eigenvalue weighted by atomic mass is 9.94. The number of fused-ring (bicyclic) bond motifs is 3. The van der Waals surface area contributed by atoms with Crippen molar-refractivity contribution in [1.82, 2.24) is 24.9 Å². The monoisotopic (exact) mass is 385 g/mol. The lowest BCUT2D eigenvalue weighted by Gasteiger charge is -2.23. The van der Waals surface area contributed by atoms with Crippen molar-refractivity contribution in [2.45, 2.75) is 18.8 Å². The topological polar surface area (TPSA) is 111 Å². The van der Waals surface area contributed by atoms with Gasteiger partial charge in [0.2, 0.25) is 0 Å².